The molecule has 0 bridgehead atoms. The van der Waals surface area contributed by atoms with Gasteiger partial charge in [0.2, 0.25) is 18.3 Å². The van der Waals surface area contributed by atoms with Gasteiger partial charge in [-0.3, -0.25) is 0 Å². The molecular formula is C27H41NO5SSi. The molecule has 194 valence electrons. The van der Waals surface area contributed by atoms with Gasteiger partial charge >= 0.3 is 0 Å². The number of hydrogen-bond acceptors (Lipinski definition) is 5. The first-order valence-electron chi connectivity index (χ1n) is 12.5. The van der Waals surface area contributed by atoms with Crippen molar-refractivity contribution in [2.75, 3.05) is 13.1 Å². The number of nitrogens with zero attached hydrogens (tertiary/aromatic N) is 1. The Hall–Kier alpha value is -1.71. The largest absolute Gasteiger partial charge is 0.508 e. The summed E-state index contributed by atoms with van der Waals surface area (Å²) in [5, 5.41) is 21.2. The van der Waals surface area contributed by atoms with E-state index in [-0.39, 0.29) is 23.7 Å². The molecule has 35 heavy (non-hydrogen) atoms. The van der Waals surface area contributed by atoms with Crippen molar-refractivity contribution in [3.05, 3.63) is 59.7 Å². The van der Waals surface area contributed by atoms with Crippen LogP contribution in [0.3, 0.4) is 0 Å². The number of benzene rings is 2. The van der Waals surface area contributed by atoms with Crippen LogP contribution in [0.15, 0.2) is 53.4 Å². The quantitative estimate of drug-likeness (QED) is 0.455. The highest BCUT2D eigenvalue weighted by Crippen LogP contribution is 2.46. The molecule has 0 aliphatic carbocycles. The molecule has 0 amide bonds. The van der Waals surface area contributed by atoms with Crippen LogP contribution >= 0.6 is 0 Å². The summed E-state index contributed by atoms with van der Waals surface area (Å²) in [7, 11) is -6.19. The van der Waals surface area contributed by atoms with Gasteiger partial charge in [0.1, 0.15) is 5.75 Å². The summed E-state index contributed by atoms with van der Waals surface area (Å²) in [5.74, 6) is -0.251. The Morgan fingerprint density at radius 3 is 1.89 bits per heavy atom. The number of phenols is 1. The topological polar surface area (TPSA) is 87.1 Å². The van der Waals surface area contributed by atoms with Crippen molar-refractivity contribution in [2.24, 2.45) is 0 Å². The van der Waals surface area contributed by atoms with E-state index in [1.807, 2.05) is 6.92 Å². The van der Waals surface area contributed by atoms with Crippen LogP contribution in [0.4, 0.5) is 0 Å². The summed E-state index contributed by atoms with van der Waals surface area (Å²) in [6.07, 6.45) is -1.46. The molecule has 0 aromatic heterocycles. The van der Waals surface area contributed by atoms with Crippen LogP contribution in [0.5, 0.6) is 5.75 Å². The van der Waals surface area contributed by atoms with E-state index < -0.39 is 36.5 Å². The minimum Gasteiger partial charge on any atom is -0.508 e. The number of β-amino-alcohol motifs (C(OH)–C–C–N with tert-alkyl or cyclic N) is 1. The maximum absolute atomic E-state index is 13.6. The number of aliphatic hydroxyl groups is 1. The fourth-order valence-corrected chi connectivity index (χ4v) is 13.0. The van der Waals surface area contributed by atoms with Crippen molar-refractivity contribution in [2.45, 2.75) is 88.1 Å². The van der Waals surface area contributed by atoms with Crippen LogP contribution in [0, 0.1) is 6.92 Å². The fraction of sp³-hybridized carbons (Fsp3) is 0.556. The zero-order valence-corrected chi connectivity index (χ0v) is 23.8. The summed E-state index contributed by atoms with van der Waals surface area (Å²) in [6.45, 7) is 15.2. The molecule has 1 aliphatic heterocycles. The Morgan fingerprint density at radius 1 is 0.886 bits per heavy atom. The number of rotatable bonds is 8. The van der Waals surface area contributed by atoms with Crippen molar-refractivity contribution in [3.8, 4) is 5.75 Å². The van der Waals surface area contributed by atoms with Crippen LogP contribution in [0.25, 0.3) is 0 Å². The Bertz CT molecular complexity index is 1060. The maximum atomic E-state index is 13.6. The Morgan fingerprint density at radius 2 is 1.40 bits per heavy atom. The van der Waals surface area contributed by atoms with Crippen molar-refractivity contribution < 1.29 is 23.1 Å². The van der Waals surface area contributed by atoms with Gasteiger partial charge in [-0.05, 0) is 53.4 Å². The zero-order chi connectivity index (χ0) is 26.1. The molecule has 3 atom stereocenters. The molecular weight excluding hydrogens is 478 g/mol. The summed E-state index contributed by atoms with van der Waals surface area (Å²) >= 11 is 0. The molecule has 0 saturated carbocycles. The van der Waals surface area contributed by atoms with E-state index in [1.165, 1.54) is 4.31 Å². The lowest BCUT2D eigenvalue weighted by molar-refractivity contribution is 0.00145. The smallest absolute Gasteiger partial charge is 0.243 e. The van der Waals surface area contributed by atoms with Gasteiger partial charge in [0.15, 0.2) is 0 Å². The van der Waals surface area contributed by atoms with Gasteiger partial charge in [-0.1, -0.05) is 71.4 Å². The number of aliphatic hydroxyl groups excluding tert-OH is 1. The first kappa shape index (κ1) is 27.9. The SMILES string of the molecule is Cc1ccc(S(=O)(=O)N2CC(O)C(c3ccc(O)cc3)C(O[Si](C(C)C)(C(C)C)C(C)C)C2)cc1. The standard InChI is InChI=1S/C27H41NO5SSi/c1-18(2)35(19(3)4,20(5)6)33-26-17-28(34(31,32)24-14-8-21(7)9-15-24)16-25(30)27(26)22-10-12-23(29)13-11-22/h8-15,18-20,25-27,29-30H,16-17H2,1-7H3. The predicted octanol–water partition coefficient (Wildman–Crippen LogP) is 5.41. The molecule has 1 heterocycles. The van der Waals surface area contributed by atoms with E-state index in [1.54, 1.807) is 48.5 Å². The van der Waals surface area contributed by atoms with Gasteiger partial charge in [0, 0.05) is 19.0 Å². The Balaban J connectivity index is 2.07. The third-order valence-corrected chi connectivity index (χ3v) is 15.6. The zero-order valence-electron chi connectivity index (χ0n) is 22.0. The Labute approximate surface area is 212 Å². The van der Waals surface area contributed by atoms with Gasteiger partial charge < -0.3 is 14.6 Å². The number of aryl methyl sites for hydroxylation is 1. The predicted molar refractivity (Wildman–Crippen MR) is 143 cm³/mol. The number of hydrogen-bond donors (Lipinski definition) is 2. The van der Waals surface area contributed by atoms with E-state index >= 15 is 0 Å². The molecule has 2 aromatic carbocycles. The molecule has 1 aliphatic rings. The molecule has 2 aromatic rings. The van der Waals surface area contributed by atoms with Gasteiger partial charge in [-0.25, -0.2) is 8.42 Å². The van der Waals surface area contributed by atoms with E-state index in [0.29, 0.717) is 16.6 Å². The van der Waals surface area contributed by atoms with E-state index in [2.05, 4.69) is 41.5 Å². The van der Waals surface area contributed by atoms with Crippen LogP contribution in [0.2, 0.25) is 16.6 Å². The second-order valence-corrected chi connectivity index (χ2v) is 18.1. The number of piperidine rings is 1. The van der Waals surface area contributed by atoms with Gasteiger partial charge in [0.25, 0.3) is 0 Å². The summed E-state index contributed by atoms with van der Waals surface area (Å²) < 4.78 is 35.7. The molecule has 1 saturated heterocycles. The molecule has 3 unspecified atom stereocenters. The summed E-state index contributed by atoms with van der Waals surface area (Å²) in [5.41, 5.74) is 2.75. The van der Waals surface area contributed by atoms with E-state index in [4.69, 9.17) is 4.43 Å². The van der Waals surface area contributed by atoms with E-state index in [0.717, 1.165) is 11.1 Å². The average Bonchev–Trinajstić information content (AvgIpc) is 2.77. The van der Waals surface area contributed by atoms with Crippen LogP contribution < -0.4 is 0 Å². The third-order valence-electron chi connectivity index (χ3n) is 7.59. The molecule has 8 heteroatoms. The van der Waals surface area contributed by atoms with E-state index in [9.17, 15) is 18.6 Å². The fourth-order valence-electron chi connectivity index (χ4n) is 5.93. The average molecular weight is 520 g/mol. The lowest BCUT2D eigenvalue weighted by atomic mass is 9.85. The second kappa shape index (κ2) is 10.7. The highest BCUT2D eigenvalue weighted by molar-refractivity contribution is 7.89. The van der Waals surface area contributed by atoms with Gasteiger partial charge in [-0.2, -0.15) is 4.31 Å². The van der Waals surface area contributed by atoms with Crippen LogP contribution in [0.1, 0.15) is 58.6 Å². The van der Waals surface area contributed by atoms with Crippen molar-refractivity contribution in [1.29, 1.82) is 0 Å². The van der Waals surface area contributed by atoms with Crippen molar-refractivity contribution in [3.63, 3.8) is 0 Å². The molecule has 2 N–H and O–H groups in total. The Kier molecular flexibility index (Phi) is 8.54. The molecule has 1 fully saturated rings. The first-order valence-corrected chi connectivity index (χ1v) is 16.1. The number of aromatic hydroxyl groups is 1. The number of phenolic OH excluding ortho intramolecular Hbond substituents is 1. The highest BCUT2D eigenvalue weighted by Gasteiger charge is 2.51. The van der Waals surface area contributed by atoms with Crippen LogP contribution in [-0.2, 0) is 14.4 Å². The minimum atomic E-state index is -3.80. The monoisotopic (exact) mass is 519 g/mol. The first-order chi connectivity index (χ1) is 16.3. The van der Waals surface area contributed by atoms with Crippen molar-refractivity contribution >= 4 is 18.3 Å². The highest BCUT2D eigenvalue weighted by atomic mass is 32.2. The number of sulfonamides is 1. The normalized spacial score (nSPS) is 22.3. The third kappa shape index (κ3) is 5.51. The molecule has 3 rings (SSSR count). The molecule has 0 spiro atoms. The van der Waals surface area contributed by atoms with Crippen molar-refractivity contribution in [1.82, 2.24) is 4.31 Å². The van der Waals surface area contributed by atoms with Gasteiger partial charge in [0.05, 0.1) is 17.1 Å². The van der Waals surface area contributed by atoms with Crippen LogP contribution in [-0.4, -0.2) is 56.6 Å². The molecule has 6 nitrogen and oxygen atoms in total. The second-order valence-electron chi connectivity index (χ2n) is 10.8. The summed E-state index contributed by atoms with van der Waals surface area (Å²) in [6, 6.07) is 13.6. The molecule has 0 radical (unpaired) electrons. The maximum Gasteiger partial charge on any atom is 0.243 e. The summed E-state index contributed by atoms with van der Waals surface area (Å²) in [4.78, 5) is 0.220. The van der Waals surface area contributed by atoms with Gasteiger partial charge in [-0.15, -0.1) is 0 Å². The lowest BCUT2D eigenvalue weighted by Gasteiger charge is -2.49. The lowest BCUT2D eigenvalue weighted by Crippen LogP contribution is -2.59. The minimum absolute atomic E-state index is 0.0127.